The average Bonchev–Trinajstić information content (AvgIpc) is 3.57. The molecule has 0 saturated carbocycles. The lowest BCUT2D eigenvalue weighted by atomic mass is 9.75. The number of carbonyl (C=O) groups is 1. The highest BCUT2D eigenvalue weighted by Crippen LogP contribution is 2.44. The second-order valence-corrected chi connectivity index (χ2v) is 11.5. The van der Waals surface area contributed by atoms with Crippen LogP contribution in [0.1, 0.15) is 42.6 Å². The van der Waals surface area contributed by atoms with Gasteiger partial charge in [0.2, 0.25) is 0 Å². The molecule has 13 heteroatoms. The molecule has 2 atom stereocenters. The maximum absolute atomic E-state index is 13.4. The van der Waals surface area contributed by atoms with Crippen molar-refractivity contribution in [2.24, 2.45) is 14.1 Å². The lowest BCUT2D eigenvalue weighted by molar-refractivity contribution is -0.194. The van der Waals surface area contributed by atoms with E-state index in [9.17, 15) is 19.5 Å². The van der Waals surface area contributed by atoms with Gasteiger partial charge < -0.3 is 28.6 Å². The van der Waals surface area contributed by atoms with Gasteiger partial charge in [0.15, 0.2) is 11.2 Å². The van der Waals surface area contributed by atoms with Crippen molar-refractivity contribution >= 4 is 28.1 Å². The number of benzene rings is 1. The maximum atomic E-state index is 13.4. The van der Waals surface area contributed by atoms with Gasteiger partial charge in [0.25, 0.3) is 11.5 Å². The molecule has 2 saturated heterocycles. The third-order valence-corrected chi connectivity index (χ3v) is 8.82. The number of amides is 1. The molecular formula is C28H35N7O6. The van der Waals surface area contributed by atoms with E-state index in [1.807, 2.05) is 27.7 Å². The number of hydrogen-bond donors (Lipinski definition) is 1. The number of aliphatic hydroxyl groups is 1. The summed E-state index contributed by atoms with van der Waals surface area (Å²) < 4.78 is 17.6. The second kappa shape index (κ2) is 9.93. The Balaban J connectivity index is 1.17. The standard InChI is InChI=1S/C28H35N7O6/c1-27(39)15-28(41-14-21(27)35-17-30-23-22(35)25(37)32(3)26(38)31(23)2)7-9-33(10-8-28)24(36)18-5-6-20-19(13-18)29-16-34(20)11-12-40-4/h5-6,13,16-17,21,39H,7-12,14-15H2,1-4H3/t21-,27-/m1/s1. The molecule has 0 unspecified atom stereocenters. The van der Waals surface area contributed by atoms with Gasteiger partial charge in [-0.05, 0) is 38.0 Å². The van der Waals surface area contributed by atoms with Gasteiger partial charge in [0, 0.05) is 52.8 Å². The number of piperidine rings is 1. The van der Waals surface area contributed by atoms with E-state index < -0.39 is 28.5 Å². The number of methoxy groups -OCH3 is 1. The summed E-state index contributed by atoms with van der Waals surface area (Å²) in [5.41, 5.74) is 0.0833. The molecule has 0 bridgehead atoms. The van der Waals surface area contributed by atoms with Crippen LogP contribution in [0.25, 0.3) is 22.2 Å². The number of fused-ring (bicyclic) bond motifs is 2. The van der Waals surface area contributed by atoms with E-state index in [2.05, 4.69) is 9.97 Å². The predicted octanol–water partition coefficient (Wildman–Crippen LogP) is 0.817. The summed E-state index contributed by atoms with van der Waals surface area (Å²) in [7, 11) is 4.65. The number of aryl methyl sites for hydroxylation is 1. The molecule has 3 aromatic heterocycles. The Morgan fingerprint density at radius 2 is 1.90 bits per heavy atom. The van der Waals surface area contributed by atoms with Crippen molar-refractivity contribution in [3.8, 4) is 0 Å². The SMILES string of the molecule is COCCn1cnc2cc(C(=O)N3CCC4(CC3)C[C@@](C)(O)[C@H](n3cnc5c3c(=O)n(C)c(=O)n5C)CO4)ccc21. The van der Waals surface area contributed by atoms with Crippen LogP contribution in [0.2, 0.25) is 0 Å². The topological polar surface area (TPSA) is 139 Å². The minimum Gasteiger partial charge on any atom is -0.388 e. The number of aromatic nitrogens is 6. The van der Waals surface area contributed by atoms with Crippen LogP contribution in [0, 0.1) is 0 Å². The molecule has 218 valence electrons. The van der Waals surface area contributed by atoms with Gasteiger partial charge in [-0.25, -0.2) is 14.8 Å². The van der Waals surface area contributed by atoms with E-state index in [1.54, 1.807) is 32.0 Å². The zero-order valence-electron chi connectivity index (χ0n) is 23.7. The first-order chi connectivity index (χ1) is 19.5. The Morgan fingerprint density at radius 1 is 1.15 bits per heavy atom. The molecule has 4 aromatic rings. The molecule has 13 nitrogen and oxygen atoms in total. The normalized spacial score (nSPS) is 22.7. The van der Waals surface area contributed by atoms with Crippen LogP contribution in [-0.4, -0.2) is 88.8 Å². The van der Waals surface area contributed by atoms with Gasteiger partial charge in [-0.3, -0.25) is 18.7 Å². The molecule has 2 fully saturated rings. The fourth-order valence-electron chi connectivity index (χ4n) is 6.42. The smallest absolute Gasteiger partial charge is 0.332 e. The maximum Gasteiger partial charge on any atom is 0.332 e. The molecule has 1 aromatic carbocycles. The summed E-state index contributed by atoms with van der Waals surface area (Å²) in [6, 6.07) is 5.01. The van der Waals surface area contributed by atoms with Crippen molar-refractivity contribution in [3.63, 3.8) is 0 Å². The van der Waals surface area contributed by atoms with E-state index in [4.69, 9.17) is 9.47 Å². The highest BCUT2D eigenvalue weighted by atomic mass is 16.5. The number of carbonyl (C=O) groups excluding carboxylic acids is 1. The first kappa shape index (κ1) is 27.4. The summed E-state index contributed by atoms with van der Waals surface area (Å²) in [6.07, 6.45) is 4.74. The molecule has 0 aliphatic carbocycles. The van der Waals surface area contributed by atoms with Crippen LogP contribution in [0.4, 0.5) is 0 Å². The van der Waals surface area contributed by atoms with Crippen molar-refractivity contribution in [2.75, 3.05) is 33.4 Å². The van der Waals surface area contributed by atoms with Crippen molar-refractivity contribution in [3.05, 3.63) is 57.3 Å². The van der Waals surface area contributed by atoms with E-state index in [1.165, 1.54) is 17.9 Å². The number of rotatable bonds is 5. The minimum absolute atomic E-state index is 0.0556. The zero-order chi connectivity index (χ0) is 29.1. The van der Waals surface area contributed by atoms with Crippen LogP contribution < -0.4 is 11.2 Å². The lowest BCUT2D eigenvalue weighted by Crippen LogP contribution is -2.58. The third-order valence-electron chi connectivity index (χ3n) is 8.82. The highest BCUT2D eigenvalue weighted by molar-refractivity contribution is 5.97. The predicted molar refractivity (Wildman–Crippen MR) is 150 cm³/mol. The van der Waals surface area contributed by atoms with Gasteiger partial charge in [-0.2, -0.15) is 0 Å². The highest BCUT2D eigenvalue weighted by Gasteiger charge is 2.50. The third kappa shape index (κ3) is 4.48. The van der Waals surface area contributed by atoms with Crippen molar-refractivity contribution in [1.29, 1.82) is 0 Å². The largest absolute Gasteiger partial charge is 0.388 e. The van der Waals surface area contributed by atoms with Crippen molar-refractivity contribution in [1.82, 2.24) is 33.1 Å². The van der Waals surface area contributed by atoms with E-state index >= 15 is 0 Å². The number of likely N-dealkylation sites (tertiary alicyclic amines) is 1. The first-order valence-electron chi connectivity index (χ1n) is 13.8. The van der Waals surface area contributed by atoms with Crippen LogP contribution in [0.3, 0.4) is 0 Å². The van der Waals surface area contributed by atoms with Gasteiger partial charge in [-0.15, -0.1) is 0 Å². The molecule has 1 N–H and O–H groups in total. The summed E-state index contributed by atoms with van der Waals surface area (Å²) >= 11 is 0. The fraction of sp³-hybridized carbons (Fsp3) is 0.536. The van der Waals surface area contributed by atoms with Crippen LogP contribution >= 0.6 is 0 Å². The Kier molecular flexibility index (Phi) is 6.63. The van der Waals surface area contributed by atoms with E-state index in [-0.39, 0.29) is 23.7 Å². The molecule has 1 amide bonds. The van der Waals surface area contributed by atoms with Gasteiger partial charge in [0.05, 0.1) is 54.1 Å². The average molecular weight is 566 g/mol. The lowest BCUT2D eigenvalue weighted by Gasteiger charge is -2.51. The van der Waals surface area contributed by atoms with E-state index in [0.717, 1.165) is 15.6 Å². The van der Waals surface area contributed by atoms with Gasteiger partial charge >= 0.3 is 5.69 Å². The fourth-order valence-corrected chi connectivity index (χ4v) is 6.42. The Bertz CT molecular complexity index is 1760. The molecular weight excluding hydrogens is 530 g/mol. The molecule has 2 aliphatic rings. The number of imidazole rings is 2. The second-order valence-electron chi connectivity index (χ2n) is 11.5. The summed E-state index contributed by atoms with van der Waals surface area (Å²) in [5, 5.41) is 11.7. The number of hydrogen-bond acceptors (Lipinski definition) is 8. The van der Waals surface area contributed by atoms with Crippen LogP contribution in [0.15, 0.2) is 40.4 Å². The molecule has 5 heterocycles. The number of nitrogens with zero attached hydrogens (tertiary/aromatic N) is 7. The van der Waals surface area contributed by atoms with Gasteiger partial charge in [-0.1, -0.05) is 0 Å². The summed E-state index contributed by atoms with van der Waals surface area (Å²) in [6.45, 7) is 4.18. The van der Waals surface area contributed by atoms with E-state index in [0.29, 0.717) is 51.1 Å². The molecule has 6 rings (SSSR count). The van der Waals surface area contributed by atoms with Crippen LogP contribution in [-0.2, 0) is 30.1 Å². The zero-order valence-corrected chi connectivity index (χ0v) is 23.7. The molecule has 1 spiro atoms. The molecule has 41 heavy (non-hydrogen) atoms. The Labute approximate surface area is 235 Å². The summed E-state index contributed by atoms with van der Waals surface area (Å²) in [5.74, 6) is -0.0556. The monoisotopic (exact) mass is 565 g/mol. The van der Waals surface area contributed by atoms with Crippen molar-refractivity contribution < 1.29 is 19.4 Å². The first-order valence-corrected chi connectivity index (χ1v) is 13.8. The quantitative estimate of drug-likeness (QED) is 0.375. The van der Waals surface area contributed by atoms with Crippen LogP contribution in [0.5, 0.6) is 0 Å². The Hall–Kier alpha value is -3.81. The minimum atomic E-state index is -1.22. The number of ether oxygens (including phenoxy) is 2. The molecule has 2 aliphatic heterocycles. The Morgan fingerprint density at radius 3 is 2.61 bits per heavy atom. The summed E-state index contributed by atoms with van der Waals surface area (Å²) in [4.78, 5) is 49.3. The van der Waals surface area contributed by atoms with Crippen molar-refractivity contribution in [2.45, 2.75) is 50.0 Å². The molecule has 0 radical (unpaired) electrons. The van der Waals surface area contributed by atoms with Gasteiger partial charge in [0.1, 0.15) is 0 Å².